The van der Waals surface area contributed by atoms with E-state index in [0.29, 0.717) is 5.01 Å². The van der Waals surface area contributed by atoms with E-state index in [4.69, 9.17) is 5.11 Å². The normalized spacial score (nSPS) is 10.0. The molecule has 0 radical (unpaired) electrons. The molecule has 0 bridgehead atoms. The van der Waals surface area contributed by atoms with Gasteiger partial charge < -0.3 is 5.11 Å². The highest BCUT2D eigenvalue weighted by Crippen LogP contribution is 2.20. The second-order valence-electron chi connectivity index (χ2n) is 2.71. The van der Waals surface area contributed by atoms with Crippen molar-refractivity contribution in [3.05, 3.63) is 46.1 Å². The van der Waals surface area contributed by atoms with Crippen LogP contribution in [0.15, 0.2) is 40.5 Å². The molecule has 0 aliphatic carbocycles. The number of hydrogen-bond acceptors (Lipinski definition) is 4. The minimum atomic E-state index is -0.581. The Morgan fingerprint density at radius 1 is 1.21 bits per heavy atom. The van der Waals surface area contributed by atoms with Crippen LogP contribution in [0.5, 0.6) is 5.75 Å². The van der Waals surface area contributed by atoms with Gasteiger partial charge in [-0.25, -0.2) is 0 Å². The van der Waals surface area contributed by atoms with Gasteiger partial charge in [0.2, 0.25) is 0 Å². The van der Waals surface area contributed by atoms with Crippen molar-refractivity contribution in [2.45, 2.75) is 0 Å². The lowest BCUT2D eigenvalue weighted by atomic mass is 10.2. The van der Waals surface area contributed by atoms with Crippen molar-refractivity contribution in [3.63, 3.8) is 0 Å². The molecule has 0 aliphatic rings. The first kappa shape index (κ1) is 8.90. The Bertz CT molecular complexity index is 493. The summed E-state index contributed by atoms with van der Waals surface area (Å²) in [4.78, 5) is 14.8. The zero-order valence-corrected chi connectivity index (χ0v) is 7.99. The minimum Gasteiger partial charge on any atom is -0.502 e. The van der Waals surface area contributed by atoms with E-state index in [0.717, 1.165) is 5.56 Å². The molecule has 0 unspecified atom stereocenters. The van der Waals surface area contributed by atoms with Crippen LogP contribution in [0.4, 0.5) is 0 Å². The molecule has 0 saturated carbocycles. The maximum absolute atomic E-state index is 11.1. The molecule has 0 saturated heterocycles. The maximum atomic E-state index is 11.1. The number of rotatable bonds is 1. The number of aromatic nitrogens is 1. The van der Waals surface area contributed by atoms with Crippen molar-refractivity contribution in [1.29, 1.82) is 0 Å². The Hall–Kier alpha value is -1.68. The first-order valence-electron chi connectivity index (χ1n) is 4.01. The van der Waals surface area contributed by atoms with E-state index in [-0.39, 0.29) is 5.75 Å². The molecule has 1 N–H and O–H groups in total. The van der Waals surface area contributed by atoms with Gasteiger partial charge in [0.25, 0.3) is 0 Å². The first-order valence-corrected chi connectivity index (χ1v) is 4.89. The summed E-state index contributed by atoms with van der Waals surface area (Å²) in [6.07, 6.45) is 0. The fourth-order valence-electron chi connectivity index (χ4n) is 1.05. The minimum absolute atomic E-state index is 0.297. The molecule has 0 atom stereocenters. The van der Waals surface area contributed by atoms with Gasteiger partial charge in [-0.2, -0.15) is 4.98 Å². The van der Waals surface area contributed by atoms with E-state index < -0.39 is 5.56 Å². The van der Waals surface area contributed by atoms with Gasteiger partial charge in [0, 0.05) is 10.9 Å². The Morgan fingerprint density at radius 3 is 2.57 bits per heavy atom. The Balaban J connectivity index is 2.54. The van der Waals surface area contributed by atoms with E-state index >= 15 is 0 Å². The summed E-state index contributed by atoms with van der Waals surface area (Å²) in [5.74, 6) is -0.297. The van der Waals surface area contributed by atoms with Gasteiger partial charge in [-0.05, 0) is 0 Å². The molecule has 1 aromatic carbocycles. The van der Waals surface area contributed by atoms with Crippen LogP contribution in [0, 0.1) is 0 Å². The van der Waals surface area contributed by atoms with Crippen LogP contribution in [0.25, 0.3) is 10.6 Å². The third kappa shape index (κ3) is 1.65. The highest BCUT2D eigenvalue weighted by atomic mass is 32.1. The van der Waals surface area contributed by atoms with Crippen LogP contribution in [0.3, 0.4) is 0 Å². The fourth-order valence-corrected chi connectivity index (χ4v) is 1.78. The highest BCUT2D eigenvalue weighted by molar-refractivity contribution is 7.13. The molecular weight excluding hydrogens is 198 g/mol. The molecule has 0 spiro atoms. The lowest BCUT2D eigenvalue weighted by molar-refractivity contribution is 0.469. The SMILES string of the molecule is O=c1nc(-c2ccccc2)scc1O. The Labute approximate surface area is 84.3 Å². The van der Waals surface area contributed by atoms with Crippen LogP contribution in [-0.4, -0.2) is 10.1 Å². The second kappa shape index (κ2) is 3.59. The largest absolute Gasteiger partial charge is 0.502 e. The van der Waals surface area contributed by atoms with Gasteiger partial charge in [0.1, 0.15) is 5.01 Å². The Morgan fingerprint density at radius 2 is 1.93 bits per heavy atom. The standard InChI is InChI=1S/C10H7NO2S/c12-8-6-14-10(11-9(8)13)7-4-2-1-3-5-7/h1-6,12H. The summed E-state index contributed by atoms with van der Waals surface area (Å²) >= 11 is 1.25. The van der Waals surface area contributed by atoms with Gasteiger partial charge in [-0.1, -0.05) is 30.3 Å². The van der Waals surface area contributed by atoms with Crippen LogP contribution in [-0.2, 0) is 0 Å². The predicted octanol–water partition coefficient (Wildman–Crippen LogP) is 1.88. The second-order valence-corrected chi connectivity index (χ2v) is 3.57. The number of nitrogens with zero attached hydrogens (tertiary/aromatic N) is 1. The van der Waals surface area contributed by atoms with Crippen molar-refractivity contribution in [2.24, 2.45) is 0 Å². The summed E-state index contributed by atoms with van der Waals surface area (Å²) in [6.45, 7) is 0. The summed E-state index contributed by atoms with van der Waals surface area (Å²) < 4.78 is 0. The fraction of sp³-hybridized carbons (Fsp3) is 0. The van der Waals surface area contributed by atoms with Gasteiger partial charge in [-0.15, -0.1) is 11.3 Å². The molecule has 14 heavy (non-hydrogen) atoms. The van der Waals surface area contributed by atoms with Gasteiger partial charge >= 0.3 is 5.56 Å². The van der Waals surface area contributed by atoms with E-state index in [1.165, 1.54) is 16.7 Å². The lowest BCUT2D eigenvalue weighted by Gasteiger charge is -1.97. The smallest absolute Gasteiger partial charge is 0.314 e. The van der Waals surface area contributed by atoms with Gasteiger partial charge in [0.15, 0.2) is 5.75 Å². The van der Waals surface area contributed by atoms with Crippen molar-refractivity contribution in [2.75, 3.05) is 0 Å². The Kier molecular flexibility index (Phi) is 2.28. The molecule has 3 nitrogen and oxygen atoms in total. The quantitative estimate of drug-likeness (QED) is 0.773. The molecule has 2 rings (SSSR count). The number of hydrogen-bond donors (Lipinski definition) is 1. The average Bonchev–Trinajstić information content (AvgIpc) is 2.23. The van der Waals surface area contributed by atoms with Crippen LogP contribution >= 0.6 is 11.3 Å². The molecule has 4 heteroatoms. The predicted molar refractivity (Wildman–Crippen MR) is 55.5 cm³/mol. The molecular formula is C10H7NO2S. The molecule has 70 valence electrons. The van der Waals surface area contributed by atoms with E-state index in [9.17, 15) is 4.79 Å². The zero-order valence-electron chi connectivity index (χ0n) is 7.18. The average molecular weight is 205 g/mol. The third-order valence-corrected chi connectivity index (χ3v) is 2.62. The third-order valence-electron chi connectivity index (χ3n) is 1.73. The van der Waals surface area contributed by atoms with E-state index in [2.05, 4.69) is 4.98 Å². The van der Waals surface area contributed by atoms with Crippen LogP contribution < -0.4 is 5.56 Å². The lowest BCUT2D eigenvalue weighted by Crippen LogP contribution is -2.03. The van der Waals surface area contributed by atoms with Crippen molar-refractivity contribution >= 4 is 11.3 Å². The van der Waals surface area contributed by atoms with Gasteiger partial charge in [-0.3, -0.25) is 4.79 Å². The molecule has 0 amide bonds. The maximum Gasteiger partial charge on any atom is 0.314 e. The number of benzene rings is 1. The summed E-state index contributed by atoms with van der Waals surface area (Å²) in [7, 11) is 0. The summed E-state index contributed by atoms with van der Waals surface area (Å²) in [5, 5.41) is 11.0. The van der Waals surface area contributed by atoms with Crippen molar-refractivity contribution in [1.82, 2.24) is 4.98 Å². The summed E-state index contributed by atoms with van der Waals surface area (Å²) in [6, 6.07) is 9.39. The topological polar surface area (TPSA) is 50.2 Å². The summed E-state index contributed by atoms with van der Waals surface area (Å²) in [5.41, 5.74) is 0.303. The molecule has 2 aromatic rings. The molecule has 0 aliphatic heterocycles. The van der Waals surface area contributed by atoms with E-state index in [1.54, 1.807) is 0 Å². The van der Waals surface area contributed by atoms with Crippen molar-refractivity contribution < 1.29 is 5.11 Å². The highest BCUT2D eigenvalue weighted by Gasteiger charge is 2.02. The van der Waals surface area contributed by atoms with Gasteiger partial charge in [0.05, 0.1) is 0 Å². The monoisotopic (exact) mass is 205 g/mol. The van der Waals surface area contributed by atoms with Crippen molar-refractivity contribution in [3.8, 4) is 16.3 Å². The number of aromatic hydroxyl groups is 1. The molecule has 1 heterocycles. The molecule has 1 aromatic heterocycles. The first-order chi connectivity index (χ1) is 6.77. The molecule has 0 fully saturated rings. The van der Waals surface area contributed by atoms with Crippen LogP contribution in [0.2, 0.25) is 0 Å². The van der Waals surface area contributed by atoms with E-state index in [1.807, 2.05) is 30.3 Å². The zero-order chi connectivity index (χ0) is 9.97. The van der Waals surface area contributed by atoms with Crippen LogP contribution in [0.1, 0.15) is 0 Å².